The molecule has 60 heavy (non-hydrogen) atoms. The van der Waals surface area contributed by atoms with Crippen molar-refractivity contribution in [1.82, 2.24) is 0 Å². The van der Waals surface area contributed by atoms with E-state index in [1.807, 2.05) is 6.92 Å². The molecular weight excluding hydrogens is 780 g/mol. The van der Waals surface area contributed by atoms with E-state index >= 15 is 0 Å². The maximum Gasteiger partial charge on any atom is 0.303 e. The summed E-state index contributed by atoms with van der Waals surface area (Å²) in [5.74, 6) is -0.801. The molecule has 15 nitrogen and oxygen atoms in total. The summed E-state index contributed by atoms with van der Waals surface area (Å²) in [4.78, 5) is 11.8. The van der Waals surface area contributed by atoms with E-state index in [2.05, 4.69) is 40.7 Å². The number of methoxy groups -OCH3 is 1. The molecule has 0 aromatic heterocycles. The van der Waals surface area contributed by atoms with Crippen LogP contribution < -0.4 is 0 Å². The number of aliphatic hydroxyl groups is 8. The number of fused-ring (bicyclic) bond motifs is 7. The van der Waals surface area contributed by atoms with E-state index in [1.54, 1.807) is 14.0 Å². The third-order valence-corrected chi connectivity index (χ3v) is 18.0. The predicted molar refractivity (Wildman–Crippen MR) is 215 cm³/mol. The normalized spacial score (nSPS) is 53.8. The van der Waals surface area contributed by atoms with Crippen molar-refractivity contribution in [2.75, 3.05) is 26.9 Å². The van der Waals surface area contributed by atoms with Crippen LogP contribution in [0.5, 0.6) is 0 Å². The van der Waals surface area contributed by atoms with Gasteiger partial charge in [-0.15, -0.1) is 0 Å². The van der Waals surface area contributed by atoms with Crippen molar-refractivity contribution in [3.8, 4) is 0 Å². The molecule has 0 amide bonds. The van der Waals surface area contributed by atoms with Crippen LogP contribution in [-0.2, 0) is 33.2 Å². The molecule has 0 aromatic carbocycles. The van der Waals surface area contributed by atoms with Crippen LogP contribution in [-0.4, -0.2) is 153 Å². The van der Waals surface area contributed by atoms with Gasteiger partial charge in [-0.2, -0.15) is 0 Å². The molecule has 2 aliphatic heterocycles. The standard InChI is InChI=1S/C45H74O15/c1-22-31(51)35(60-39-34(54)36(57-23(2)49)32(52)27(19-46)58-39)33(53)38(56-22)59-30-11-12-41(5)28(42(30,6)20-47)10-13-43(7)37(41)26(55-9)16-24-25-17-40(3,4)14-15-45(25,21-48)29(50)18-44(24,43)8/h16,22,25-39,46-48,50-54H,10-15,17-21H2,1-9H3/t22-,25+,26-,27-,28-,29+,30+,31+,32-,33-,34-,35+,36+,37-,38+,39+,41+,42+,43-,44-,45-/m1/s1. The summed E-state index contributed by atoms with van der Waals surface area (Å²) in [5, 5.41) is 89.1. The minimum atomic E-state index is -1.73. The number of allylic oxidation sites excluding steroid dienone is 1. The van der Waals surface area contributed by atoms with Crippen LogP contribution >= 0.6 is 0 Å². The van der Waals surface area contributed by atoms with Gasteiger partial charge in [-0.25, -0.2) is 0 Å². The highest BCUT2D eigenvalue weighted by Gasteiger charge is 2.72. The third-order valence-electron chi connectivity index (χ3n) is 18.0. The van der Waals surface area contributed by atoms with E-state index in [0.29, 0.717) is 19.3 Å². The van der Waals surface area contributed by atoms with Crippen molar-refractivity contribution < 1.29 is 74.1 Å². The molecule has 0 bridgehead atoms. The van der Waals surface area contributed by atoms with Crippen LogP contribution in [0.4, 0.5) is 0 Å². The Morgan fingerprint density at radius 1 is 0.800 bits per heavy atom. The largest absolute Gasteiger partial charge is 0.457 e. The molecule has 7 aliphatic rings. The van der Waals surface area contributed by atoms with Crippen molar-refractivity contribution in [3.63, 3.8) is 0 Å². The number of ether oxygens (including phenoxy) is 6. The van der Waals surface area contributed by atoms with E-state index in [1.165, 1.54) is 5.57 Å². The molecule has 2 saturated heterocycles. The monoisotopic (exact) mass is 855 g/mol. The summed E-state index contributed by atoms with van der Waals surface area (Å²) in [6.07, 6.45) is -7.64. The first-order valence-corrected chi connectivity index (χ1v) is 22.3. The van der Waals surface area contributed by atoms with Crippen molar-refractivity contribution in [3.05, 3.63) is 11.6 Å². The molecule has 2 heterocycles. The van der Waals surface area contributed by atoms with E-state index in [9.17, 15) is 45.6 Å². The molecular formula is C45H74O15. The lowest BCUT2D eigenvalue weighted by Crippen LogP contribution is -2.70. The van der Waals surface area contributed by atoms with Crippen molar-refractivity contribution in [2.45, 2.75) is 186 Å². The SMILES string of the molecule is CO[C@@H]1C=C2[C@@H]3CC(C)(C)CC[C@]3(CO)[C@@H](O)C[C@@]2(C)[C@]2(C)CC[C@H]3[C@](C)(CO)[C@@H](O[C@@H]4O[C@H](C)[C@H](O)[C@H](O[C@@H]5O[C@H](CO)[C@@H](O)[C@H](OC(C)=O)[C@H]5O)[C@H]4O)CC[C@]3(C)[C@@H]12. The smallest absolute Gasteiger partial charge is 0.303 e. The fraction of sp³-hybridized carbons (Fsp3) is 0.933. The van der Waals surface area contributed by atoms with Crippen LogP contribution in [0.25, 0.3) is 0 Å². The highest BCUT2D eigenvalue weighted by Crippen LogP contribution is 2.76. The molecule has 21 atom stereocenters. The number of carbonyl (C=O) groups is 1. The van der Waals surface area contributed by atoms with Gasteiger partial charge >= 0.3 is 5.97 Å². The lowest BCUT2D eigenvalue weighted by molar-refractivity contribution is -0.368. The summed E-state index contributed by atoms with van der Waals surface area (Å²) >= 11 is 0. The summed E-state index contributed by atoms with van der Waals surface area (Å²) in [6, 6.07) is 0. The van der Waals surface area contributed by atoms with Gasteiger partial charge in [0.05, 0.1) is 44.2 Å². The second kappa shape index (κ2) is 16.3. The first kappa shape index (κ1) is 46.7. The minimum Gasteiger partial charge on any atom is -0.457 e. The topological polar surface area (TPSA) is 234 Å². The summed E-state index contributed by atoms with van der Waals surface area (Å²) in [5.41, 5.74) is -1.02. The second-order valence-corrected chi connectivity index (χ2v) is 21.6. The molecule has 0 spiro atoms. The van der Waals surface area contributed by atoms with Crippen LogP contribution in [0.2, 0.25) is 0 Å². The Morgan fingerprint density at radius 2 is 1.47 bits per heavy atom. The average Bonchev–Trinajstić information content (AvgIpc) is 3.18. The van der Waals surface area contributed by atoms with Crippen molar-refractivity contribution >= 4 is 5.97 Å². The molecule has 8 N–H and O–H groups in total. The molecule has 4 saturated carbocycles. The van der Waals surface area contributed by atoms with E-state index in [0.717, 1.165) is 39.0 Å². The van der Waals surface area contributed by atoms with E-state index < -0.39 is 97.0 Å². The van der Waals surface area contributed by atoms with Gasteiger partial charge in [0.1, 0.15) is 36.6 Å². The van der Waals surface area contributed by atoms with Gasteiger partial charge in [0.25, 0.3) is 0 Å². The zero-order chi connectivity index (χ0) is 44.1. The average molecular weight is 855 g/mol. The first-order chi connectivity index (χ1) is 28.0. The Morgan fingerprint density at radius 3 is 2.08 bits per heavy atom. The summed E-state index contributed by atoms with van der Waals surface area (Å²) < 4.78 is 36.1. The van der Waals surface area contributed by atoms with Crippen LogP contribution in [0.3, 0.4) is 0 Å². The van der Waals surface area contributed by atoms with Crippen LogP contribution in [0.1, 0.15) is 107 Å². The lowest BCUT2D eigenvalue weighted by atomic mass is 9.32. The molecule has 15 heteroatoms. The Bertz CT molecular complexity index is 1610. The fourth-order valence-electron chi connectivity index (χ4n) is 14.3. The Hall–Kier alpha value is -1.31. The Balaban J connectivity index is 1.16. The summed E-state index contributed by atoms with van der Waals surface area (Å²) in [7, 11) is 1.77. The molecule has 344 valence electrons. The number of carbonyl (C=O) groups excluding carboxylic acids is 1. The van der Waals surface area contributed by atoms with Crippen molar-refractivity contribution in [2.24, 2.45) is 50.2 Å². The van der Waals surface area contributed by atoms with Gasteiger partial charge in [0, 0.05) is 30.8 Å². The van der Waals surface area contributed by atoms with Gasteiger partial charge in [0.2, 0.25) is 0 Å². The molecule has 5 aliphatic carbocycles. The highest BCUT2D eigenvalue weighted by atomic mass is 16.7. The molecule has 0 unspecified atom stereocenters. The zero-order valence-electron chi connectivity index (χ0n) is 37.0. The van der Waals surface area contributed by atoms with Crippen LogP contribution in [0, 0.1) is 50.2 Å². The predicted octanol–water partition coefficient (Wildman–Crippen LogP) is 1.96. The number of esters is 1. The lowest BCUT2D eigenvalue weighted by Gasteiger charge is -2.73. The zero-order valence-corrected chi connectivity index (χ0v) is 37.0. The van der Waals surface area contributed by atoms with E-state index in [-0.39, 0.29) is 58.7 Å². The maximum absolute atomic E-state index is 12.1. The number of aliphatic hydroxyl groups excluding tert-OH is 8. The van der Waals surface area contributed by atoms with Crippen molar-refractivity contribution in [1.29, 1.82) is 0 Å². The van der Waals surface area contributed by atoms with Gasteiger partial charge in [-0.05, 0) is 91.8 Å². The molecule has 6 fully saturated rings. The second-order valence-electron chi connectivity index (χ2n) is 21.6. The number of hydrogen-bond donors (Lipinski definition) is 8. The maximum atomic E-state index is 12.1. The fourth-order valence-corrected chi connectivity index (χ4v) is 14.3. The molecule has 0 aromatic rings. The van der Waals surface area contributed by atoms with Gasteiger partial charge in [-0.3, -0.25) is 4.79 Å². The quantitative estimate of drug-likeness (QED) is 0.0941. The van der Waals surface area contributed by atoms with Gasteiger partial charge < -0.3 is 69.3 Å². The molecule has 0 radical (unpaired) electrons. The van der Waals surface area contributed by atoms with Crippen LogP contribution in [0.15, 0.2) is 11.6 Å². The minimum absolute atomic E-state index is 0.0169. The molecule has 7 rings (SSSR count). The number of hydrogen-bond acceptors (Lipinski definition) is 15. The Kier molecular flexibility index (Phi) is 12.7. The first-order valence-electron chi connectivity index (χ1n) is 22.3. The Labute approximate surface area is 354 Å². The summed E-state index contributed by atoms with van der Waals surface area (Å²) in [6.45, 7) is 15.4. The van der Waals surface area contributed by atoms with E-state index in [4.69, 9.17) is 28.4 Å². The van der Waals surface area contributed by atoms with Gasteiger partial charge in [-0.1, -0.05) is 53.2 Å². The van der Waals surface area contributed by atoms with Gasteiger partial charge in [0.15, 0.2) is 18.7 Å². The third kappa shape index (κ3) is 6.98. The number of rotatable bonds is 9. The highest BCUT2D eigenvalue weighted by molar-refractivity contribution is 5.66.